The van der Waals surface area contributed by atoms with Crippen LogP contribution in [0.25, 0.3) is 0 Å². The summed E-state index contributed by atoms with van der Waals surface area (Å²) in [6.45, 7) is 0. The number of carbonyl (C=O) groups is 1. The van der Waals surface area contributed by atoms with E-state index in [0.29, 0.717) is 11.6 Å². The van der Waals surface area contributed by atoms with E-state index in [0.717, 1.165) is 12.0 Å². The highest BCUT2D eigenvalue weighted by Gasteiger charge is 2.04. The molecule has 82 valence electrons. The molecule has 0 radical (unpaired) electrons. The van der Waals surface area contributed by atoms with Crippen LogP contribution in [-0.2, 0) is 11.2 Å². The van der Waals surface area contributed by atoms with Gasteiger partial charge in [0.25, 0.3) is 0 Å². The summed E-state index contributed by atoms with van der Waals surface area (Å²) in [5.41, 5.74) is 1.12. The first kappa shape index (κ1) is 10.8. The van der Waals surface area contributed by atoms with Crippen LogP contribution in [0.4, 0.5) is 5.13 Å². The Morgan fingerprint density at radius 3 is 2.81 bits per heavy atom. The van der Waals surface area contributed by atoms with E-state index in [1.807, 2.05) is 17.5 Å². The van der Waals surface area contributed by atoms with Crippen molar-refractivity contribution in [2.24, 2.45) is 0 Å². The van der Waals surface area contributed by atoms with Crippen LogP contribution < -0.4 is 5.32 Å². The third-order valence-corrected chi connectivity index (χ3v) is 2.76. The zero-order valence-electron chi connectivity index (χ0n) is 8.59. The van der Waals surface area contributed by atoms with Crippen LogP contribution in [0.2, 0.25) is 0 Å². The predicted molar refractivity (Wildman–Crippen MR) is 63.3 cm³/mol. The lowest BCUT2D eigenvalue weighted by Crippen LogP contribution is -2.11. The molecule has 4 nitrogen and oxygen atoms in total. The molecule has 0 spiro atoms. The average Bonchev–Trinajstić information content (AvgIpc) is 2.81. The molecule has 2 rings (SSSR count). The van der Waals surface area contributed by atoms with Crippen LogP contribution in [0.3, 0.4) is 0 Å². The quantitative estimate of drug-likeness (QED) is 0.880. The molecule has 0 bridgehead atoms. The van der Waals surface area contributed by atoms with Gasteiger partial charge in [-0.15, -0.1) is 11.3 Å². The molecule has 0 aliphatic heterocycles. The van der Waals surface area contributed by atoms with Gasteiger partial charge in [-0.05, 0) is 24.1 Å². The van der Waals surface area contributed by atoms with Crippen molar-refractivity contribution >= 4 is 22.4 Å². The Morgan fingerprint density at radius 2 is 2.12 bits per heavy atom. The summed E-state index contributed by atoms with van der Waals surface area (Å²) in [4.78, 5) is 19.4. The lowest BCUT2D eigenvalue weighted by molar-refractivity contribution is -0.116. The molecule has 0 unspecified atom stereocenters. The minimum atomic E-state index is -0.00763. The molecule has 0 saturated carbocycles. The molecule has 2 heterocycles. The van der Waals surface area contributed by atoms with E-state index in [1.54, 1.807) is 18.6 Å². The van der Waals surface area contributed by atoms with Gasteiger partial charge in [-0.25, -0.2) is 4.98 Å². The minimum Gasteiger partial charge on any atom is -0.302 e. The van der Waals surface area contributed by atoms with Crippen molar-refractivity contribution in [1.29, 1.82) is 0 Å². The summed E-state index contributed by atoms with van der Waals surface area (Å²) in [5.74, 6) is -0.00763. The van der Waals surface area contributed by atoms with Crippen LogP contribution in [0.5, 0.6) is 0 Å². The molecule has 0 saturated heterocycles. The van der Waals surface area contributed by atoms with Gasteiger partial charge < -0.3 is 5.32 Å². The lowest BCUT2D eigenvalue weighted by Gasteiger charge is -2.01. The molecule has 0 aliphatic rings. The molecule has 2 aromatic heterocycles. The maximum atomic E-state index is 11.5. The fourth-order valence-corrected chi connectivity index (χ4v) is 1.82. The topological polar surface area (TPSA) is 54.9 Å². The number of aryl methyl sites for hydroxylation is 1. The van der Waals surface area contributed by atoms with E-state index in [1.165, 1.54) is 11.3 Å². The Morgan fingerprint density at radius 1 is 1.31 bits per heavy atom. The van der Waals surface area contributed by atoms with Crippen LogP contribution in [0, 0.1) is 0 Å². The number of anilines is 1. The van der Waals surface area contributed by atoms with Crippen LogP contribution in [-0.4, -0.2) is 15.9 Å². The number of rotatable bonds is 4. The van der Waals surface area contributed by atoms with Crippen molar-refractivity contribution < 1.29 is 4.79 Å². The molecular weight excluding hydrogens is 222 g/mol. The van der Waals surface area contributed by atoms with Gasteiger partial charge in [0.05, 0.1) is 0 Å². The number of pyridine rings is 1. The van der Waals surface area contributed by atoms with Crippen LogP contribution in [0.1, 0.15) is 12.0 Å². The molecular formula is C11H11N3OS. The summed E-state index contributed by atoms with van der Waals surface area (Å²) in [7, 11) is 0. The summed E-state index contributed by atoms with van der Waals surface area (Å²) >= 11 is 1.42. The summed E-state index contributed by atoms with van der Waals surface area (Å²) < 4.78 is 0. The van der Waals surface area contributed by atoms with Crippen molar-refractivity contribution in [2.45, 2.75) is 12.8 Å². The fourth-order valence-electron chi connectivity index (χ4n) is 1.27. The summed E-state index contributed by atoms with van der Waals surface area (Å²) in [5, 5.41) is 5.23. The second-order valence-corrected chi connectivity index (χ2v) is 4.14. The first-order valence-corrected chi connectivity index (χ1v) is 5.81. The van der Waals surface area contributed by atoms with Crippen molar-refractivity contribution in [3.63, 3.8) is 0 Å². The number of thiazole rings is 1. The number of carbonyl (C=O) groups excluding carboxylic acids is 1. The smallest absolute Gasteiger partial charge is 0.226 e. The van der Waals surface area contributed by atoms with Gasteiger partial charge in [-0.3, -0.25) is 9.78 Å². The molecule has 0 aliphatic carbocycles. The molecule has 1 N–H and O–H groups in total. The maximum absolute atomic E-state index is 11.5. The Balaban J connectivity index is 1.80. The van der Waals surface area contributed by atoms with Gasteiger partial charge in [0, 0.05) is 30.4 Å². The van der Waals surface area contributed by atoms with Crippen molar-refractivity contribution in [1.82, 2.24) is 9.97 Å². The van der Waals surface area contributed by atoms with Gasteiger partial charge in [-0.2, -0.15) is 0 Å². The Hall–Kier alpha value is -1.75. The zero-order chi connectivity index (χ0) is 11.2. The highest BCUT2D eigenvalue weighted by Crippen LogP contribution is 2.11. The molecule has 1 amide bonds. The highest BCUT2D eigenvalue weighted by molar-refractivity contribution is 7.13. The summed E-state index contributed by atoms with van der Waals surface area (Å²) in [6, 6.07) is 3.83. The number of hydrogen-bond donors (Lipinski definition) is 1. The van der Waals surface area contributed by atoms with Gasteiger partial charge >= 0.3 is 0 Å². The van der Waals surface area contributed by atoms with Crippen LogP contribution in [0.15, 0.2) is 36.1 Å². The van der Waals surface area contributed by atoms with E-state index in [9.17, 15) is 4.79 Å². The Labute approximate surface area is 97.4 Å². The second-order valence-electron chi connectivity index (χ2n) is 3.24. The van der Waals surface area contributed by atoms with Crippen molar-refractivity contribution in [2.75, 3.05) is 5.32 Å². The maximum Gasteiger partial charge on any atom is 0.226 e. The van der Waals surface area contributed by atoms with Gasteiger partial charge in [-0.1, -0.05) is 0 Å². The van der Waals surface area contributed by atoms with E-state index in [-0.39, 0.29) is 5.91 Å². The Bertz CT molecular complexity index is 442. The average molecular weight is 233 g/mol. The zero-order valence-corrected chi connectivity index (χ0v) is 9.41. The fraction of sp³-hybridized carbons (Fsp3) is 0.182. The van der Waals surface area contributed by atoms with E-state index < -0.39 is 0 Å². The van der Waals surface area contributed by atoms with E-state index in [2.05, 4.69) is 15.3 Å². The summed E-state index contributed by atoms with van der Waals surface area (Å²) in [6.07, 6.45) is 6.31. The van der Waals surface area contributed by atoms with Gasteiger partial charge in [0.2, 0.25) is 5.91 Å². The number of amides is 1. The number of hydrogen-bond acceptors (Lipinski definition) is 4. The van der Waals surface area contributed by atoms with Crippen LogP contribution >= 0.6 is 11.3 Å². The van der Waals surface area contributed by atoms with E-state index >= 15 is 0 Å². The SMILES string of the molecule is O=C(CCc1ccncc1)Nc1nccs1. The normalized spacial score (nSPS) is 10.0. The number of nitrogens with one attached hydrogen (secondary N) is 1. The second kappa shape index (κ2) is 5.37. The van der Waals surface area contributed by atoms with E-state index in [4.69, 9.17) is 0 Å². The van der Waals surface area contributed by atoms with Crippen molar-refractivity contribution in [3.8, 4) is 0 Å². The highest BCUT2D eigenvalue weighted by atomic mass is 32.1. The third kappa shape index (κ3) is 3.13. The third-order valence-electron chi connectivity index (χ3n) is 2.07. The van der Waals surface area contributed by atoms with Gasteiger partial charge in [0.15, 0.2) is 5.13 Å². The Kier molecular flexibility index (Phi) is 3.61. The largest absolute Gasteiger partial charge is 0.302 e. The number of nitrogens with zero attached hydrogens (tertiary/aromatic N) is 2. The van der Waals surface area contributed by atoms with Crippen molar-refractivity contribution in [3.05, 3.63) is 41.7 Å². The standard InChI is InChI=1S/C11H11N3OS/c15-10(14-11-13-7-8-16-11)2-1-9-3-5-12-6-4-9/h3-8H,1-2H2,(H,13,14,15). The lowest BCUT2D eigenvalue weighted by atomic mass is 10.1. The molecule has 2 aromatic rings. The predicted octanol–water partition coefficient (Wildman–Crippen LogP) is 2.11. The molecule has 5 heteroatoms. The minimum absolute atomic E-state index is 0.00763. The first-order chi connectivity index (χ1) is 7.84. The first-order valence-electron chi connectivity index (χ1n) is 4.93. The molecule has 16 heavy (non-hydrogen) atoms. The molecule has 0 aromatic carbocycles. The number of aromatic nitrogens is 2. The molecule has 0 atom stereocenters. The monoisotopic (exact) mass is 233 g/mol. The molecule has 0 fully saturated rings. The van der Waals surface area contributed by atoms with Gasteiger partial charge in [0.1, 0.15) is 0 Å².